The molecule has 0 fully saturated rings. The summed E-state index contributed by atoms with van der Waals surface area (Å²) in [5, 5.41) is 10.9. The molecule has 0 aromatic rings. The molecule has 0 saturated heterocycles. The van der Waals surface area contributed by atoms with E-state index in [2.05, 4.69) is 51.9 Å². The van der Waals surface area contributed by atoms with Crippen molar-refractivity contribution in [3.8, 4) is 0 Å². The maximum Gasteiger partial charge on any atom is 0.322 e. The quantitative estimate of drug-likeness (QED) is 0.261. The minimum Gasteiger partial charge on any atom is -0.480 e. The van der Waals surface area contributed by atoms with E-state index in [-0.39, 0.29) is 30.3 Å². The second-order valence-electron chi connectivity index (χ2n) is 7.13. The summed E-state index contributed by atoms with van der Waals surface area (Å²) in [6.07, 6.45) is 10.2. The van der Waals surface area contributed by atoms with Gasteiger partial charge in [0.25, 0.3) is 0 Å². The number of allylic oxidation sites excluding steroid dienone is 2. The van der Waals surface area contributed by atoms with Crippen LogP contribution in [0.4, 0.5) is 0 Å². The van der Waals surface area contributed by atoms with Crippen molar-refractivity contribution in [2.75, 3.05) is 24.3 Å². The van der Waals surface area contributed by atoms with Crippen LogP contribution in [0, 0.1) is 17.8 Å². The van der Waals surface area contributed by atoms with Crippen LogP contribution in [0.1, 0.15) is 61.8 Å². The van der Waals surface area contributed by atoms with Gasteiger partial charge in [0.2, 0.25) is 5.91 Å². The van der Waals surface area contributed by atoms with Crippen molar-refractivity contribution in [1.29, 1.82) is 0 Å². The summed E-state index contributed by atoms with van der Waals surface area (Å²) < 4.78 is 0. The average molecular weight is 465 g/mol. The van der Waals surface area contributed by atoms with Gasteiger partial charge in [-0.2, -0.15) is 24.4 Å². The number of hydrogen-bond acceptors (Lipinski definition) is 5. The smallest absolute Gasteiger partial charge is 0.322 e. The number of carbonyl (C=O) groups excluding carboxylic acids is 1. The summed E-state index contributed by atoms with van der Waals surface area (Å²) in [6, 6.07) is -0.0634. The van der Waals surface area contributed by atoms with Crippen LogP contribution in [-0.2, 0) is 9.59 Å². The van der Waals surface area contributed by atoms with Crippen molar-refractivity contribution in [2.45, 2.75) is 67.9 Å². The molecule has 5 nitrogen and oxygen atoms in total. The molecule has 4 N–H and O–H groups in total. The largest absolute Gasteiger partial charge is 0.480 e. The van der Waals surface area contributed by atoms with E-state index in [9.17, 15) is 9.59 Å². The number of hydrogen-bond donors (Lipinski definition) is 4. The number of aliphatic carboxylic acids is 1. The molecule has 0 bridgehead atoms. The van der Waals surface area contributed by atoms with Gasteiger partial charge in [-0.3, -0.25) is 9.59 Å². The molecule has 2 unspecified atom stereocenters. The Balaban J connectivity index is -0.000000282. The Kier molecular flexibility index (Phi) is 34.1. The Morgan fingerprint density at radius 2 is 1.53 bits per heavy atom. The third kappa shape index (κ3) is 34.6. The molecule has 0 saturated carbocycles. The lowest BCUT2D eigenvalue weighted by atomic mass is 9.94. The standard InChI is InChI=1S/C14H24N2O3S.C4H10.C3H8S.C2H6/c1-10(2)12(14(19)16-8-13(17)18)7-5-3-4-6-11(15)9-20;1-4(2)3;1-3-4-2;1-2/h4-7,10-12,20H,3,8-9,15H2,1-2H3,(H,16,19)(H,17,18);4H,1-3H3;3H2,1-2H3;1-2H3/b6-4+,7-5+;;;. The van der Waals surface area contributed by atoms with E-state index in [4.69, 9.17) is 10.8 Å². The predicted molar refractivity (Wildman–Crippen MR) is 140 cm³/mol. The van der Waals surface area contributed by atoms with E-state index in [1.165, 1.54) is 5.75 Å². The van der Waals surface area contributed by atoms with Crippen LogP contribution in [-0.4, -0.2) is 47.3 Å². The second-order valence-corrected chi connectivity index (χ2v) is 8.65. The van der Waals surface area contributed by atoms with Gasteiger partial charge in [0.15, 0.2) is 0 Å². The number of carboxylic acids is 1. The van der Waals surface area contributed by atoms with E-state index in [1.807, 2.05) is 57.7 Å². The second kappa shape index (κ2) is 28.1. The van der Waals surface area contributed by atoms with Gasteiger partial charge in [0.05, 0.1) is 5.92 Å². The Hall–Kier alpha value is -0.920. The van der Waals surface area contributed by atoms with E-state index in [0.29, 0.717) is 12.2 Å². The molecule has 0 heterocycles. The monoisotopic (exact) mass is 464 g/mol. The SMILES string of the molecule is CC.CC(C)C.CC(C)C(/C=C/C/C=C/C(N)CS)C(=O)NCC(=O)O.CCSC. The first-order valence-corrected chi connectivity index (χ1v) is 12.7. The number of rotatable bonds is 10. The van der Waals surface area contributed by atoms with Gasteiger partial charge < -0.3 is 16.2 Å². The Morgan fingerprint density at radius 3 is 1.87 bits per heavy atom. The molecular formula is C23H48N2O3S2. The van der Waals surface area contributed by atoms with Crippen molar-refractivity contribution in [3.63, 3.8) is 0 Å². The molecule has 2 atom stereocenters. The number of thioether (sulfide) groups is 1. The van der Waals surface area contributed by atoms with Crippen LogP contribution in [0.3, 0.4) is 0 Å². The summed E-state index contributed by atoms with van der Waals surface area (Å²) in [4.78, 5) is 22.3. The van der Waals surface area contributed by atoms with Crippen LogP contribution in [0.5, 0.6) is 0 Å². The molecule has 0 radical (unpaired) electrons. The zero-order valence-corrected chi connectivity index (χ0v) is 22.4. The lowest BCUT2D eigenvalue weighted by Gasteiger charge is -2.15. The highest BCUT2D eigenvalue weighted by atomic mass is 32.2. The Labute approximate surface area is 196 Å². The van der Waals surface area contributed by atoms with Gasteiger partial charge in [-0.15, -0.1) is 0 Å². The van der Waals surface area contributed by atoms with Gasteiger partial charge in [-0.1, -0.05) is 79.7 Å². The van der Waals surface area contributed by atoms with Crippen molar-refractivity contribution in [1.82, 2.24) is 5.32 Å². The highest BCUT2D eigenvalue weighted by Gasteiger charge is 2.19. The number of carbonyl (C=O) groups is 2. The lowest BCUT2D eigenvalue weighted by Crippen LogP contribution is -2.35. The number of thiol groups is 1. The zero-order chi connectivity index (χ0) is 24.5. The predicted octanol–water partition coefficient (Wildman–Crippen LogP) is 5.28. The summed E-state index contributed by atoms with van der Waals surface area (Å²) in [7, 11) is 0. The minimum atomic E-state index is -1.05. The summed E-state index contributed by atoms with van der Waals surface area (Å²) in [5.41, 5.74) is 5.67. The fourth-order valence-electron chi connectivity index (χ4n) is 1.51. The molecule has 0 aliphatic heterocycles. The molecule has 30 heavy (non-hydrogen) atoms. The lowest BCUT2D eigenvalue weighted by molar-refractivity contribution is -0.138. The van der Waals surface area contributed by atoms with Crippen molar-refractivity contribution in [2.24, 2.45) is 23.5 Å². The van der Waals surface area contributed by atoms with Gasteiger partial charge in [0, 0.05) is 11.8 Å². The van der Waals surface area contributed by atoms with Crippen LogP contribution in [0.2, 0.25) is 0 Å². The van der Waals surface area contributed by atoms with Crippen LogP contribution >= 0.6 is 24.4 Å². The van der Waals surface area contributed by atoms with Gasteiger partial charge in [0.1, 0.15) is 6.54 Å². The first-order valence-electron chi connectivity index (χ1n) is 10.7. The van der Waals surface area contributed by atoms with Crippen LogP contribution in [0.15, 0.2) is 24.3 Å². The van der Waals surface area contributed by atoms with E-state index < -0.39 is 5.97 Å². The molecule has 0 spiro atoms. The summed E-state index contributed by atoms with van der Waals surface area (Å²) in [5.74, 6) is 1.11. The maximum atomic E-state index is 11.8. The number of carboxylic acid groups (broad SMARTS) is 1. The molecule has 0 aliphatic rings. The normalized spacial score (nSPS) is 12.3. The van der Waals surface area contributed by atoms with Crippen molar-refractivity contribution in [3.05, 3.63) is 24.3 Å². The summed E-state index contributed by atoms with van der Waals surface area (Å²) in [6.45, 7) is 16.1. The maximum absolute atomic E-state index is 11.8. The van der Waals surface area contributed by atoms with Gasteiger partial charge in [-0.25, -0.2) is 0 Å². The minimum absolute atomic E-state index is 0.0634. The van der Waals surface area contributed by atoms with Crippen molar-refractivity contribution >= 4 is 36.3 Å². The highest BCUT2D eigenvalue weighted by molar-refractivity contribution is 7.98. The third-order valence-corrected chi connectivity index (χ3v) is 3.93. The zero-order valence-electron chi connectivity index (χ0n) is 20.6. The number of amides is 1. The van der Waals surface area contributed by atoms with Gasteiger partial charge in [-0.05, 0) is 30.3 Å². The molecule has 180 valence electrons. The average Bonchev–Trinajstić information content (AvgIpc) is 2.69. The molecule has 0 aromatic carbocycles. The van der Waals surface area contributed by atoms with Gasteiger partial charge >= 0.3 is 5.97 Å². The molecule has 0 rings (SSSR count). The van der Waals surface area contributed by atoms with Crippen molar-refractivity contribution < 1.29 is 14.7 Å². The first-order chi connectivity index (χ1) is 14.0. The summed E-state index contributed by atoms with van der Waals surface area (Å²) >= 11 is 5.93. The first kappa shape index (κ1) is 36.5. The van der Waals surface area contributed by atoms with E-state index >= 15 is 0 Å². The number of nitrogens with two attached hydrogens (primary N) is 1. The van der Waals surface area contributed by atoms with E-state index in [0.717, 1.165) is 5.92 Å². The van der Waals surface area contributed by atoms with E-state index in [1.54, 1.807) is 6.08 Å². The molecule has 0 aromatic heterocycles. The van der Waals surface area contributed by atoms with Crippen LogP contribution < -0.4 is 11.1 Å². The topological polar surface area (TPSA) is 92.4 Å². The Bertz CT molecular complexity index is 435. The Morgan fingerprint density at radius 1 is 1.10 bits per heavy atom. The fraction of sp³-hybridized carbons (Fsp3) is 0.739. The molecule has 7 heteroatoms. The molecule has 1 amide bonds. The number of nitrogens with one attached hydrogen (secondary N) is 1. The fourth-order valence-corrected chi connectivity index (χ4v) is 1.63. The third-order valence-electron chi connectivity index (χ3n) is 2.93. The molecule has 0 aliphatic carbocycles. The highest BCUT2D eigenvalue weighted by Crippen LogP contribution is 2.13. The molecular weight excluding hydrogens is 416 g/mol. The van der Waals surface area contributed by atoms with Crippen LogP contribution in [0.25, 0.3) is 0 Å².